The maximum absolute atomic E-state index is 2.50. The normalized spacial score (nSPS) is 12.8. The Morgan fingerprint density at radius 1 is 0.273 bits per heavy atom. The highest BCUT2D eigenvalue weighted by atomic mass is 15.1. The molecule has 12 aromatic carbocycles. The van der Waals surface area contributed by atoms with Gasteiger partial charge in [0, 0.05) is 22.4 Å². The number of rotatable bonds is 6. The standard InChI is InChI=1S/C65H45N/c1-65(2)62-39-46(60-38-45-18-6-7-19-49(45)51-21-8-12-25-55(51)60)32-35-58(62)59-37-34-48(41-63(59)65)66(64-27-15-14-20-50(64)44-30-28-43(29-31-44)42-16-4-3-5-17-42)47-33-36-57-54-24-10-9-22-52(54)53-23-11-13-26-56(53)61(57)40-47/h3-41H,1-2H3. The second-order valence-corrected chi connectivity index (χ2v) is 18.4. The lowest BCUT2D eigenvalue weighted by Crippen LogP contribution is -2.17. The Labute approximate surface area is 385 Å². The van der Waals surface area contributed by atoms with Crippen LogP contribution in [-0.2, 0) is 5.41 Å². The minimum atomic E-state index is -0.250. The maximum Gasteiger partial charge on any atom is 0.0540 e. The second-order valence-electron chi connectivity index (χ2n) is 18.4. The Bertz CT molecular complexity index is 3860. The van der Waals surface area contributed by atoms with E-state index in [2.05, 4.69) is 255 Å². The van der Waals surface area contributed by atoms with Crippen molar-refractivity contribution in [2.45, 2.75) is 19.3 Å². The van der Waals surface area contributed by atoms with Crippen LogP contribution in [0.3, 0.4) is 0 Å². The summed E-state index contributed by atoms with van der Waals surface area (Å²) in [4.78, 5) is 2.50. The molecule has 12 aromatic rings. The number of anilines is 3. The topological polar surface area (TPSA) is 3.24 Å². The molecular weight excluding hydrogens is 795 g/mol. The number of hydrogen-bond acceptors (Lipinski definition) is 1. The van der Waals surface area contributed by atoms with Crippen molar-refractivity contribution in [3.63, 3.8) is 0 Å². The number of para-hydroxylation sites is 1. The minimum Gasteiger partial charge on any atom is -0.310 e. The Hall–Kier alpha value is -8.26. The van der Waals surface area contributed by atoms with Gasteiger partial charge in [-0.1, -0.05) is 208 Å². The molecule has 0 unspecified atom stereocenters. The summed E-state index contributed by atoms with van der Waals surface area (Å²) >= 11 is 0. The van der Waals surface area contributed by atoms with Crippen LogP contribution in [0, 0.1) is 0 Å². The molecule has 0 fully saturated rings. The van der Waals surface area contributed by atoms with Crippen LogP contribution in [0.15, 0.2) is 237 Å². The molecule has 0 N–H and O–H groups in total. The van der Waals surface area contributed by atoms with E-state index in [-0.39, 0.29) is 5.41 Å². The van der Waals surface area contributed by atoms with Gasteiger partial charge in [0.25, 0.3) is 0 Å². The van der Waals surface area contributed by atoms with Gasteiger partial charge in [0.15, 0.2) is 0 Å². The van der Waals surface area contributed by atoms with E-state index in [1.54, 1.807) is 0 Å². The number of hydrogen-bond donors (Lipinski definition) is 0. The van der Waals surface area contributed by atoms with E-state index in [1.165, 1.54) is 109 Å². The van der Waals surface area contributed by atoms with Crippen molar-refractivity contribution >= 4 is 70.9 Å². The van der Waals surface area contributed by atoms with Crippen molar-refractivity contribution in [2.75, 3.05) is 4.90 Å². The van der Waals surface area contributed by atoms with Crippen molar-refractivity contribution in [3.8, 4) is 44.5 Å². The van der Waals surface area contributed by atoms with E-state index in [9.17, 15) is 0 Å². The fourth-order valence-corrected chi connectivity index (χ4v) is 11.2. The predicted octanol–water partition coefficient (Wildman–Crippen LogP) is 18.2. The smallest absolute Gasteiger partial charge is 0.0540 e. The van der Waals surface area contributed by atoms with Crippen LogP contribution in [-0.4, -0.2) is 0 Å². The molecule has 1 nitrogen and oxygen atoms in total. The van der Waals surface area contributed by atoms with Crippen molar-refractivity contribution in [1.82, 2.24) is 0 Å². The highest BCUT2D eigenvalue weighted by Gasteiger charge is 2.36. The lowest BCUT2D eigenvalue weighted by Gasteiger charge is -2.30. The molecule has 0 heterocycles. The van der Waals surface area contributed by atoms with Gasteiger partial charge in [-0.3, -0.25) is 0 Å². The zero-order valence-electron chi connectivity index (χ0n) is 37.0. The molecule has 0 radical (unpaired) electrons. The second kappa shape index (κ2) is 14.9. The molecule has 1 aliphatic carbocycles. The van der Waals surface area contributed by atoms with Crippen molar-refractivity contribution in [3.05, 3.63) is 248 Å². The van der Waals surface area contributed by atoms with Crippen LogP contribution < -0.4 is 4.90 Å². The first-order chi connectivity index (χ1) is 32.5. The van der Waals surface area contributed by atoms with Crippen LogP contribution in [0.2, 0.25) is 0 Å². The average molecular weight is 840 g/mol. The molecule has 310 valence electrons. The van der Waals surface area contributed by atoms with Gasteiger partial charge in [0.2, 0.25) is 0 Å². The van der Waals surface area contributed by atoms with Gasteiger partial charge < -0.3 is 4.90 Å². The molecule has 0 saturated heterocycles. The third kappa shape index (κ3) is 5.94. The predicted molar refractivity (Wildman–Crippen MR) is 283 cm³/mol. The molecule has 1 aliphatic rings. The Kier molecular flexibility index (Phi) is 8.63. The molecule has 0 aromatic heterocycles. The van der Waals surface area contributed by atoms with Crippen LogP contribution in [0.4, 0.5) is 17.1 Å². The summed E-state index contributed by atoms with van der Waals surface area (Å²) in [6, 6.07) is 87.8. The van der Waals surface area contributed by atoms with Gasteiger partial charge >= 0.3 is 0 Å². The van der Waals surface area contributed by atoms with E-state index in [0.717, 1.165) is 17.1 Å². The zero-order chi connectivity index (χ0) is 43.9. The quantitative estimate of drug-likeness (QED) is 0.151. The zero-order valence-corrected chi connectivity index (χ0v) is 37.0. The van der Waals surface area contributed by atoms with E-state index in [4.69, 9.17) is 0 Å². The molecule has 0 saturated carbocycles. The van der Waals surface area contributed by atoms with Gasteiger partial charge in [-0.25, -0.2) is 0 Å². The lowest BCUT2D eigenvalue weighted by atomic mass is 9.81. The van der Waals surface area contributed by atoms with Crippen LogP contribution in [0.1, 0.15) is 25.0 Å². The SMILES string of the molecule is CC1(C)c2cc(-c3cc4ccccc4c4ccccc34)ccc2-c2ccc(N(c3ccc4c5ccccc5c5ccccc5c4c3)c3ccccc3-c3ccc(-c4ccccc4)cc3)cc21. The van der Waals surface area contributed by atoms with Crippen LogP contribution in [0.5, 0.6) is 0 Å². The summed E-state index contributed by atoms with van der Waals surface area (Å²) in [6.45, 7) is 4.81. The molecule has 66 heavy (non-hydrogen) atoms. The number of fused-ring (bicyclic) bond motifs is 12. The van der Waals surface area contributed by atoms with Gasteiger partial charge in [0.05, 0.1) is 5.69 Å². The van der Waals surface area contributed by atoms with Crippen LogP contribution in [0.25, 0.3) is 98.4 Å². The highest BCUT2D eigenvalue weighted by Crippen LogP contribution is 2.53. The fraction of sp³-hybridized carbons (Fsp3) is 0.0462. The molecule has 1 heteroatoms. The lowest BCUT2D eigenvalue weighted by molar-refractivity contribution is 0.660. The third-order valence-corrected chi connectivity index (χ3v) is 14.4. The molecule has 0 aliphatic heterocycles. The monoisotopic (exact) mass is 839 g/mol. The molecule has 0 spiro atoms. The van der Waals surface area contributed by atoms with E-state index >= 15 is 0 Å². The Balaban J connectivity index is 0.990. The van der Waals surface area contributed by atoms with Crippen molar-refractivity contribution in [2.24, 2.45) is 0 Å². The first-order valence-corrected chi connectivity index (χ1v) is 23.1. The fourth-order valence-electron chi connectivity index (χ4n) is 11.2. The number of nitrogens with zero attached hydrogens (tertiary/aromatic N) is 1. The van der Waals surface area contributed by atoms with E-state index < -0.39 is 0 Å². The Morgan fingerprint density at radius 2 is 0.742 bits per heavy atom. The van der Waals surface area contributed by atoms with Crippen LogP contribution >= 0.6 is 0 Å². The molecular formula is C65H45N. The van der Waals surface area contributed by atoms with Gasteiger partial charge in [-0.05, 0) is 146 Å². The number of benzene rings is 12. The van der Waals surface area contributed by atoms with Gasteiger partial charge in [-0.15, -0.1) is 0 Å². The Morgan fingerprint density at radius 3 is 1.45 bits per heavy atom. The van der Waals surface area contributed by atoms with Gasteiger partial charge in [-0.2, -0.15) is 0 Å². The summed E-state index contributed by atoms with van der Waals surface area (Å²) in [6.07, 6.45) is 0. The molecule has 0 amide bonds. The van der Waals surface area contributed by atoms with Gasteiger partial charge in [0.1, 0.15) is 0 Å². The summed E-state index contributed by atoms with van der Waals surface area (Å²) in [5.41, 5.74) is 15.7. The largest absolute Gasteiger partial charge is 0.310 e. The molecule has 0 bridgehead atoms. The maximum atomic E-state index is 2.50. The van der Waals surface area contributed by atoms with E-state index in [1.807, 2.05) is 0 Å². The summed E-state index contributed by atoms with van der Waals surface area (Å²) in [5.74, 6) is 0. The summed E-state index contributed by atoms with van der Waals surface area (Å²) < 4.78 is 0. The highest BCUT2D eigenvalue weighted by molar-refractivity contribution is 6.26. The third-order valence-electron chi connectivity index (χ3n) is 14.4. The molecule has 0 atom stereocenters. The first-order valence-electron chi connectivity index (χ1n) is 23.1. The summed E-state index contributed by atoms with van der Waals surface area (Å²) in [5, 5.41) is 12.7. The summed E-state index contributed by atoms with van der Waals surface area (Å²) in [7, 11) is 0. The van der Waals surface area contributed by atoms with Crippen molar-refractivity contribution < 1.29 is 0 Å². The molecule has 13 rings (SSSR count). The minimum absolute atomic E-state index is 0.250. The average Bonchev–Trinajstić information content (AvgIpc) is 3.61. The van der Waals surface area contributed by atoms with Crippen molar-refractivity contribution in [1.29, 1.82) is 0 Å². The first kappa shape index (κ1) is 38.2. The van der Waals surface area contributed by atoms with E-state index in [0.29, 0.717) is 0 Å².